The largest absolute Gasteiger partial charge is 0.357 e. The van der Waals surface area contributed by atoms with Crippen molar-refractivity contribution in [3.05, 3.63) is 40.8 Å². The van der Waals surface area contributed by atoms with Crippen LogP contribution in [-0.4, -0.2) is 33.8 Å². The van der Waals surface area contributed by atoms with E-state index in [0.717, 1.165) is 35.9 Å². The number of pyridine rings is 1. The molecule has 1 aliphatic rings. The van der Waals surface area contributed by atoms with E-state index in [1.807, 2.05) is 27.1 Å². The van der Waals surface area contributed by atoms with Gasteiger partial charge in [0.25, 0.3) is 5.91 Å². The molecule has 1 aliphatic heterocycles. The molecule has 2 aromatic rings. The molecule has 0 bridgehead atoms. The van der Waals surface area contributed by atoms with E-state index in [-0.39, 0.29) is 5.91 Å². The van der Waals surface area contributed by atoms with Crippen LogP contribution in [0.3, 0.4) is 0 Å². The van der Waals surface area contributed by atoms with Crippen molar-refractivity contribution in [2.45, 2.75) is 46.1 Å². The zero-order chi connectivity index (χ0) is 17.8. The monoisotopic (exact) mass is 341 g/mol. The van der Waals surface area contributed by atoms with Crippen LogP contribution in [-0.2, 0) is 13.6 Å². The Kier molecular flexibility index (Phi) is 5.36. The Morgan fingerprint density at radius 3 is 2.44 bits per heavy atom. The lowest BCUT2D eigenvalue weighted by molar-refractivity contribution is 0.0949. The van der Waals surface area contributed by atoms with Crippen molar-refractivity contribution in [1.82, 2.24) is 20.1 Å². The van der Waals surface area contributed by atoms with E-state index < -0.39 is 0 Å². The maximum Gasteiger partial charge on any atom is 0.255 e. The summed E-state index contributed by atoms with van der Waals surface area (Å²) in [6, 6.07) is 4.11. The molecule has 3 heterocycles. The second kappa shape index (κ2) is 7.68. The van der Waals surface area contributed by atoms with Gasteiger partial charge in [0.05, 0.1) is 11.3 Å². The van der Waals surface area contributed by atoms with Crippen LogP contribution in [0.15, 0.2) is 18.3 Å². The summed E-state index contributed by atoms with van der Waals surface area (Å²) in [7, 11) is 1.85. The number of hydrogen-bond acceptors (Lipinski definition) is 4. The van der Waals surface area contributed by atoms with Crippen LogP contribution < -0.4 is 10.2 Å². The van der Waals surface area contributed by atoms with Gasteiger partial charge in [-0.2, -0.15) is 5.10 Å². The molecule has 134 valence electrons. The number of hydrogen-bond donors (Lipinski definition) is 1. The number of carbonyl (C=O) groups is 1. The van der Waals surface area contributed by atoms with Gasteiger partial charge in [0.2, 0.25) is 0 Å². The van der Waals surface area contributed by atoms with Gasteiger partial charge in [-0.15, -0.1) is 0 Å². The first-order valence-electron chi connectivity index (χ1n) is 9.04. The molecule has 2 aromatic heterocycles. The van der Waals surface area contributed by atoms with Gasteiger partial charge >= 0.3 is 0 Å². The van der Waals surface area contributed by atoms with Crippen molar-refractivity contribution >= 4 is 11.7 Å². The van der Waals surface area contributed by atoms with E-state index >= 15 is 0 Å². The molecule has 1 N–H and O–H groups in total. The van der Waals surface area contributed by atoms with Crippen molar-refractivity contribution in [1.29, 1.82) is 0 Å². The molecule has 0 radical (unpaired) electrons. The summed E-state index contributed by atoms with van der Waals surface area (Å²) in [6.07, 6.45) is 6.97. The van der Waals surface area contributed by atoms with Crippen molar-refractivity contribution in [2.75, 3.05) is 18.0 Å². The molecule has 0 aromatic carbocycles. The first-order valence-corrected chi connectivity index (χ1v) is 9.04. The highest BCUT2D eigenvalue weighted by atomic mass is 16.1. The van der Waals surface area contributed by atoms with E-state index in [1.165, 1.54) is 25.7 Å². The van der Waals surface area contributed by atoms with Crippen LogP contribution in [0.2, 0.25) is 0 Å². The number of aromatic nitrogens is 3. The highest BCUT2D eigenvalue weighted by molar-refractivity contribution is 5.96. The number of nitrogens with one attached hydrogen (secondary N) is 1. The predicted octanol–water partition coefficient (Wildman–Crippen LogP) is 2.74. The predicted molar refractivity (Wildman–Crippen MR) is 98.8 cm³/mol. The number of amides is 1. The molecule has 25 heavy (non-hydrogen) atoms. The van der Waals surface area contributed by atoms with Crippen molar-refractivity contribution in [3.8, 4) is 0 Å². The third-order valence-corrected chi connectivity index (χ3v) is 4.93. The third-order valence-electron chi connectivity index (χ3n) is 4.93. The van der Waals surface area contributed by atoms with Gasteiger partial charge in [-0.05, 0) is 38.3 Å². The first-order chi connectivity index (χ1) is 12.1. The number of rotatable bonds is 4. The van der Waals surface area contributed by atoms with Crippen molar-refractivity contribution in [2.24, 2.45) is 7.05 Å². The zero-order valence-electron chi connectivity index (χ0n) is 15.4. The molecule has 0 saturated carbocycles. The Morgan fingerprint density at radius 2 is 1.88 bits per heavy atom. The maximum atomic E-state index is 12.4. The zero-order valence-corrected chi connectivity index (χ0v) is 15.4. The molecular formula is C19H27N5O. The summed E-state index contributed by atoms with van der Waals surface area (Å²) >= 11 is 0. The fourth-order valence-corrected chi connectivity index (χ4v) is 3.38. The van der Waals surface area contributed by atoms with Gasteiger partial charge in [0.15, 0.2) is 0 Å². The smallest absolute Gasteiger partial charge is 0.255 e. The summed E-state index contributed by atoms with van der Waals surface area (Å²) in [5.74, 6) is 0.954. The average molecular weight is 341 g/mol. The topological polar surface area (TPSA) is 63.1 Å². The summed E-state index contributed by atoms with van der Waals surface area (Å²) in [4.78, 5) is 19.4. The summed E-state index contributed by atoms with van der Waals surface area (Å²) in [5, 5.41) is 7.27. The Bertz CT molecular complexity index is 727. The Labute approximate surface area is 149 Å². The second-order valence-corrected chi connectivity index (χ2v) is 6.78. The number of anilines is 1. The van der Waals surface area contributed by atoms with E-state index in [2.05, 4.69) is 32.4 Å². The minimum atomic E-state index is -0.0836. The highest BCUT2D eigenvalue weighted by Crippen LogP contribution is 2.17. The molecule has 0 aliphatic carbocycles. The van der Waals surface area contributed by atoms with Gasteiger partial charge in [-0.3, -0.25) is 9.48 Å². The van der Waals surface area contributed by atoms with Gasteiger partial charge in [0, 0.05) is 38.6 Å². The van der Waals surface area contributed by atoms with Gasteiger partial charge in [-0.25, -0.2) is 4.98 Å². The normalized spacial score (nSPS) is 15.1. The summed E-state index contributed by atoms with van der Waals surface area (Å²) in [6.45, 7) is 6.41. The Morgan fingerprint density at radius 1 is 1.16 bits per heavy atom. The SMILES string of the molecule is Cc1nn(C)c(C)c1C(=O)NCc1ccc(N2CCCCCC2)nc1. The van der Waals surface area contributed by atoms with Crippen LogP contribution >= 0.6 is 0 Å². The molecule has 0 unspecified atom stereocenters. The molecule has 1 amide bonds. The standard InChI is InChI=1S/C19H27N5O/c1-14-18(15(2)23(3)22-14)19(25)21-13-16-8-9-17(20-12-16)24-10-6-4-5-7-11-24/h8-9,12H,4-7,10-11,13H2,1-3H3,(H,21,25). The molecule has 0 spiro atoms. The molecule has 6 nitrogen and oxygen atoms in total. The number of aryl methyl sites for hydroxylation is 2. The molecule has 6 heteroatoms. The van der Waals surface area contributed by atoms with Gasteiger partial charge in [-0.1, -0.05) is 18.9 Å². The average Bonchev–Trinajstić information content (AvgIpc) is 2.80. The van der Waals surface area contributed by atoms with Gasteiger partial charge < -0.3 is 10.2 Å². The first kappa shape index (κ1) is 17.5. The van der Waals surface area contributed by atoms with E-state index in [4.69, 9.17) is 0 Å². The van der Waals surface area contributed by atoms with Crippen molar-refractivity contribution in [3.63, 3.8) is 0 Å². The van der Waals surface area contributed by atoms with Crippen LogP contribution in [0.4, 0.5) is 5.82 Å². The number of carbonyl (C=O) groups excluding carboxylic acids is 1. The fourth-order valence-electron chi connectivity index (χ4n) is 3.38. The summed E-state index contributed by atoms with van der Waals surface area (Å²) < 4.78 is 1.74. The number of nitrogens with zero attached hydrogens (tertiary/aromatic N) is 4. The lowest BCUT2D eigenvalue weighted by Gasteiger charge is -2.21. The quantitative estimate of drug-likeness (QED) is 0.929. The summed E-state index contributed by atoms with van der Waals surface area (Å²) in [5.41, 5.74) is 3.31. The highest BCUT2D eigenvalue weighted by Gasteiger charge is 2.17. The molecular weight excluding hydrogens is 314 g/mol. The van der Waals surface area contributed by atoms with Gasteiger partial charge in [0.1, 0.15) is 5.82 Å². The van der Waals surface area contributed by atoms with E-state index in [9.17, 15) is 4.79 Å². The minimum Gasteiger partial charge on any atom is -0.357 e. The third kappa shape index (κ3) is 4.00. The van der Waals surface area contributed by atoms with Crippen LogP contribution in [0.25, 0.3) is 0 Å². The van der Waals surface area contributed by atoms with Crippen LogP contribution in [0, 0.1) is 13.8 Å². The lowest BCUT2D eigenvalue weighted by Crippen LogP contribution is -2.26. The fraction of sp³-hybridized carbons (Fsp3) is 0.526. The second-order valence-electron chi connectivity index (χ2n) is 6.78. The molecule has 3 rings (SSSR count). The molecule has 1 saturated heterocycles. The van der Waals surface area contributed by atoms with Crippen molar-refractivity contribution < 1.29 is 4.79 Å². The van der Waals surface area contributed by atoms with Crippen LogP contribution in [0.1, 0.15) is 53.0 Å². The molecule has 0 atom stereocenters. The lowest BCUT2D eigenvalue weighted by atomic mass is 10.2. The minimum absolute atomic E-state index is 0.0836. The van der Waals surface area contributed by atoms with E-state index in [0.29, 0.717) is 12.1 Å². The maximum absolute atomic E-state index is 12.4. The van der Waals surface area contributed by atoms with Crippen LogP contribution in [0.5, 0.6) is 0 Å². The Balaban J connectivity index is 1.61. The Hall–Kier alpha value is -2.37. The molecule has 1 fully saturated rings. The van der Waals surface area contributed by atoms with E-state index in [1.54, 1.807) is 4.68 Å².